The summed E-state index contributed by atoms with van der Waals surface area (Å²) in [5.74, 6) is 0.539. The van der Waals surface area contributed by atoms with E-state index < -0.39 is 0 Å². The number of anilines is 2. The molecule has 1 atom stereocenters. The number of pyridine rings is 1. The number of nitrogens with one attached hydrogen (secondary N) is 2. The minimum atomic E-state index is 0.539. The van der Waals surface area contributed by atoms with Crippen LogP contribution in [0.15, 0.2) is 18.3 Å². The SMILES string of the molecule is CCCc1cnc(Nc2cc(C)nc(C3CCNC3)c2)s1. The number of nitrogens with zero attached hydrogens (tertiary/aromatic N) is 2. The lowest BCUT2D eigenvalue weighted by Gasteiger charge is -2.11. The third kappa shape index (κ3) is 3.60. The van der Waals surface area contributed by atoms with Crippen molar-refractivity contribution in [3.63, 3.8) is 0 Å². The van der Waals surface area contributed by atoms with E-state index in [1.165, 1.54) is 17.0 Å². The van der Waals surface area contributed by atoms with Gasteiger partial charge in [-0.15, -0.1) is 11.3 Å². The second kappa shape index (κ2) is 6.54. The molecule has 5 heteroatoms. The van der Waals surface area contributed by atoms with E-state index in [4.69, 9.17) is 4.98 Å². The van der Waals surface area contributed by atoms with Crippen molar-refractivity contribution >= 4 is 22.2 Å². The summed E-state index contributed by atoms with van der Waals surface area (Å²) in [6, 6.07) is 4.26. The molecule has 0 radical (unpaired) electrons. The van der Waals surface area contributed by atoms with Gasteiger partial charge in [-0.3, -0.25) is 4.98 Å². The molecule has 2 aromatic rings. The number of hydrogen-bond donors (Lipinski definition) is 2. The summed E-state index contributed by atoms with van der Waals surface area (Å²) in [6.45, 7) is 6.38. The standard InChI is InChI=1S/C16H22N4S/c1-3-4-14-10-18-16(21-14)20-13-7-11(2)19-15(8-13)12-5-6-17-9-12/h7-8,10,12,17H,3-6,9H2,1-2H3,(H,18,19,20). The topological polar surface area (TPSA) is 49.8 Å². The fourth-order valence-electron chi connectivity index (χ4n) is 2.73. The normalized spacial score (nSPS) is 18.1. The number of thiazole rings is 1. The first-order valence-electron chi connectivity index (χ1n) is 7.65. The second-order valence-electron chi connectivity index (χ2n) is 5.62. The Balaban J connectivity index is 1.77. The molecular formula is C16H22N4S. The number of hydrogen-bond acceptors (Lipinski definition) is 5. The van der Waals surface area contributed by atoms with Gasteiger partial charge in [0.15, 0.2) is 5.13 Å². The van der Waals surface area contributed by atoms with E-state index in [1.807, 2.05) is 6.20 Å². The van der Waals surface area contributed by atoms with Gasteiger partial charge in [0, 0.05) is 40.6 Å². The largest absolute Gasteiger partial charge is 0.331 e. The van der Waals surface area contributed by atoms with Crippen molar-refractivity contribution in [2.24, 2.45) is 0 Å². The van der Waals surface area contributed by atoms with Crippen LogP contribution < -0.4 is 10.6 Å². The van der Waals surface area contributed by atoms with Gasteiger partial charge >= 0.3 is 0 Å². The molecule has 1 unspecified atom stereocenters. The molecule has 1 fully saturated rings. The fraction of sp³-hybridized carbons (Fsp3) is 0.500. The maximum atomic E-state index is 4.70. The molecule has 3 rings (SSSR count). The molecule has 2 aromatic heterocycles. The van der Waals surface area contributed by atoms with Gasteiger partial charge in [-0.25, -0.2) is 4.98 Å². The molecule has 0 aromatic carbocycles. The molecule has 1 saturated heterocycles. The molecule has 0 bridgehead atoms. The van der Waals surface area contributed by atoms with Crippen LogP contribution in [-0.4, -0.2) is 23.1 Å². The maximum Gasteiger partial charge on any atom is 0.187 e. The maximum absolute atomic E-state index is 4.70. The highest BCUT2D eigenvalue weighted by molar-refractivity contribution is 7.15. The number of rotatable bonds is 5. The summed E-state index contributed by atoms with van der Waals surface area (Å²) in [4.78, 5) is 10.5. The van der Waals surface area contributed by atoms with Gasteiger partial charge in [-0.2, -0.15) is 0 Å². The zero-order valence-electron chi connectivity index (χ0n) is 12.6. The van der Waals surface area contributed by atoms with Crippen molar-refractivity contribution in [2.45, 2.75) is 39.0 Å². The number of aryl methyl sites for hydroxylation is 2. The Morgan fingerprint density at radius 2 is 2.33 bits per heavy atom. The first kappa shape index (κ1) is 14.5. The van der Waals surface area contributed by atoms with Crippen molar-refractivity contribution in [1.82, 2.24) is 15.3 Å². The van der Waals surface area contributed by atoms with E-state index in [0.717, 1.165) is 42.4 Å². The van der Waals surface area contributed by atoms with Crippen LogP contribution in [0.3, 0.4) is 0 Å². The summed E-state index contributed by atoms with van der Waals surface area (Å²) in [7, 11) is 0. The zero-order chi connectivity index (χ0) is 14.7. The second-order valence-corrected chi connectivity index (χ2v) is 6.73. The third-order valence-electron chi connectivity index (χ3n) is 3.75. The van der Waals surface area contributed by atoms with Crippen LogP contribution in [0.4, 0.5) is 10.8 Å². The summed E-state index contributed by atoms with van der Waals surface area (Å²) < 4.78 is 0. The van der Waals surface area contributed by atoms with E-state index in [-0.39, 0.29) is 0 Å². The van der Waals surface area contributed by atoms with Crippen molar-refractivity contribution in [2.75, 3.05) is 18.4 Å². The predicted octanol–water partition coefficient (Wildman–Crippen LogP) is 3.62. The van der Waals surface area contributed by atoms with Crippen LogP contribution in [0.1, 0.15) is 41.9 Å². The Morgan fingerprint density at radius 1 is 1.43 bits per heavy atom. The molecule has 4 nitrogen and oxygen atoms in total. The van der Waals surface area contributed by atoms with E-state index >= 15 is 0 Å². The lowest BCUT2D eigenvalue weighted by molar-refractivity contribution is 0.732. The zero-order valence-corrected chi connectivity index (χ0v) is 13.5. The Kier molecular flexibility index (Phi) is 4.51. The minimum Gasteiger partial charge on any atom is -0.331 e. The van der Waals surface area contributed by atoms with Crippen LogP contribution >= 0.6 is 11.3 Å². The highest BCUT2D eigenvalue weighted by Gasteiger charge is 2.18. The Bertz CT molecular complexity index is 602. The summed E-state index contributed by atoms with van der Waals surface area (Å²) in [6.07, 6.45) is 5.42. The van der Waals surface area contributed by atoms with E-state index in [0.29, 0.717) is 5.92 Å². The van der Waals surface area contributed by atoms with Gasteiger partial charge < -0.3 is 10.6 Å². The smallest absolute Gasteiger partial charge is 0.187 e. The molecule has 0 aliphatic carbocycles. The van der Waals surface area contributed by atoms with Crippen LogP contribution in [0, 0.1) is 6.92 Å². The monoisotopic (exact) mass is 302 g/mol. The molecule has 2 N–H and O–H groups in total. The van der Waals surface area contributed by atoms with Gasteiger partial charge in [0.05, 0.1) is 0 Å². The van der Waals surface area contributed by atoms with Crippen molar-refractivity contribution in [3.05, 3.63) is 34.6 Å². The van der Waals surface area contributed by atoms with Gasteiger partial charge in [0.25, 0.3) is 0 Å². The lowest BCUT2D eigenvalue weighted by atomic mass is 10.0. The van der Waals surface area contributed by atoms with Crippen molar-refractivity contribution < 1.29 is 0 Å². The van der Waals surface area contributed by atoms with E-state index in [1.54, 1.807) is 11.3 Å². The van der Waals surface area contributed by atoms with Crippen LogP contribution in [0.5, 0.6) is 0 Å². The van der Waals surface area contributed by atoms with Gasteiger partial charge in [-0.1, -0.05) is 13.3 Å². The summed E-state index contributed by atoms with van der Waals surface area (Å²) >= 11 is 1.74. The van der Waals surface area contributed by atoms with E-state index in [9.17, 15) is 0 Å². The van der Waals surface area contributed by atoms with Crippen molar-refractivity contribution in [1.29, 1.82) is 0 Å². The van der Waals surface area contributed by atoms with Crippen LogP contribution in [0.2, 0.25) is 0 Å². The first-order valence-corrected chi connectivity index (χ1v) is 8.47. The highest BCUT2D eigenvalue weighted by Crippen LogP contribution is 2.27. The molecule has 0 spiro atoms. The summed E-state index contributed by atoms with van der Waals surface area (Å²) in [5, 5.41) is 7.81. The molecular weight excluding hydrogens is 280 g/mol. The van der Waals surface area contributed by atoms with Crippen LogP contribution in [0.25, 0.3) is 0 Å². The van der Waals surface area contributed by atoms with Crippen LogP contribution in [-0.2, 0) is 6.42 Å². The molecule has 21 heavy (non-hydrogen) atoms. The van der Waals surface area contributed by atoms with Gasteiger partial charge in [-0.05, 0) is 38.4 Å². The molecule has 1 aliphatic heterocycles. The highest BCUT2D eigenvalue weighted by atomic mass is 32.1. The summed E-state index contributed by atoms with van der Waals surface area (Å²) in [5.41, 5.74) is 3.35. The fourth-order valence-corrected chi connectivity index (χ4v) is 3.67. The average Bonchev–Trinajstić information content (AvgIpc) is 3.10. The number of aromatic nitrogens is 2. The quantitative estimate of drug-likeness (QED) is 0.885. The van der Waals surface area contributed by atoms with Gasteiger partial charge in [0.2, 0.25) is 0 Å². The average molecular weight is 302 g/mol. The van der Waals surface area contributed by atoms with E-state index in [2.05, 4.69) is 41.6 Å². The Morgan fingerprint density at radius 3 is 3.10 bits per heavy atom. The molecule has 1 aliphatic rings. The minimum absolute atomic E-state index is 0.539. The molecule has 3 heterocycles. The first-order chi connectivity index (χ1) is 10.2. The van der Waals surface area contributed by atoms with Gasteiger partial charge in [0.1, 0.15) is 0 Å². The predicted molar refractivity (Wildman–Crippen MR) is 88.6 cm³/mol. The Hall–Kier alpha value is -1.46. The van der Waals surface area contributed by atoms with Crippen molar-refractivity contribution in [3.8, 4) is 0 Å². The molecule has 0 amide bonds. The lowest BCUT2D eigenvalue weighted by Crippen LogP contribution is -2.09. The Labute approximate surface area is 130 Å². The molecule has 0 saturated carbocycles. The molecule has 112 valence electrons. The third-order valence-corrected chi connectivity index (χ3v) is 4.73.